The molecule has 0 bridgehead atoms. The predicted molar refractivity (Wildman–Crippen MR) is 220 cm³/mol. The lowest BCUT2D eigenvalue weighted by atomic mass is 9.83. The van der Waals surface area contributed by atoms with E-state index in [0.29, 0.717) is 0 Å². The van der Waals surface area contributed by atoms with E-state index in [9.17, 15) is 0 Å². The molecule has 0 saturated heterocycles. The fraction of sp³-hybridized carbons (Fsp3) is 0.0385. The van der Waals surface area contributed by atoms with Gasteiger partial charge in [0, 0.05) is 0 Å². The zero-order valence-electron chi connectivity index (χ0n) is 28.7. The van der Waals surface area contributed by atoms with Gasteiger partial charge in [-0.2, -0.15) is 0 Å². The summed E-state index contributed by atoms with van der Waals surface area (Å²) in [6.45, 7) is 0. The summed E-state index contributed by atoms with van der Waals surface area (Å²) in [6, 6.07) is 68.0. The van der Waals surface area contributed by atoms with Crippen LogP contribution >= 0.6 is 0 Å². The van der Waals surface area contributed by atoms with Gasteiger partial charge >= 0.3 is 0 Å². The first-order chi connectivity index (χ1) is 25.8. The second-order valence-corrected chi connectivity index (χ2v) is 14.4. The quantitative estimate of drug-likeness (QED) is 0.165. The van der Waals surface area contributed by atoms with Crippen LogP contribution in [0.15, 0.2) is 182 Å². The minimum Gasteiger partial charge on any atom is -0.0622 e. The van der Waals surface area contributed by atoms with Crippen molar-refractivity contribution in [2.24, 2.45) is 0 Å². The van der Waals surface area contributed by atoms with Crippen molar-refractivity contribution in [3.8, 4) is 66.8 Å². The Morgan fingerprint density at radius 1 is 0.231 bits per heavy atom. The van der Waals surface area contributed by atoms with Crippen LogP contribution in [0.4, 0.5) is 0 Å². The SMILES string of the molecule is c1ccc(-c2c3ccc(-c4cccc5c4-c4ccccc4C5)cc3c(-c3ccccc3)c3ccc(-c4cccc5c4-c4ccccc4C5)cc23)cc1. The number of rotatable bonds is 4. The van der Waals surface area contributed by atoms with Crippen LogP contribution in [0.3, 0.4) is 0 Å². The lowest BCUT2D eigenvalue weighted by Gasteiger charge is -2.20. The monoisotopic (exact) mass is 658 g/mol. The lowest BCUT2D eigenvalue weighted by molar-refractivity contribution is 1.26. The second-order valence-electron chi connectivity index (χ2n) is 14.4. The van der Waals surface area contributed by atoms with Gasteiger partial charge in [0.2, 0.25) is 0 Å². The first-order valence-corrected chi connectivity index (χ1v) is 18.4. The van der Waals surface area contributed by atoms with Gasteiger partial charge in [-0.3, -0.25) is 0 Å². The van der Waals surface area contributed by atoms with E-state index < -0.39 is 0 Å². The molecule has 0 heteroatoms. The smallest absolute Gasteiger partial charge is 0.00132 e. The van der Waals surface area contributed by atoms with Crippen molar-refractivity contribution in [1.82, 2.24) is 0 Å². The van der Waals surface area contributed by atoms with Crippen molar-refractivity contribution >= 4 is 21.5 Å². The number of hydrogen-bond acceptors (Lipinski definition) is 0. The largest absolute Gasteiger partial charge is 0.0622 e. The molecule has 0 aliphatic heterocycles. The average molecular weight is 659 g/mol. The molecule has 2 aliphatic carbocycles. The third kappa shape index (κ3) is 4.41. The highest BCUT2D eigenvalue weighted by Crippen LogP contribution is 2.49. The average Bonchev–Trinajstić information content (AvgIpc) is 3.79. The molecule has 52 heavy (non-hydrogen) atoms. The summed E-state index contributed by atoms with van der Waals surface area (Å²) >= 11 is 0. The lowest BCUT2D eigenvalue weighted by Crippen LogP contribution is -1.94. The van der Waals surface area contributed by atoms with E-state index in [1.807, 2.05) is 0 Å². The maximum atomic E-state index is 2.47. The van der Waals surface area contributed by atoms with Gasteiger partial charge in [0.1, 0.15) is 0 Å². The van der Waals surface area contributed by atoms with Crippen LogP contribution < -0.4 is 0 Å². The van der Waals surface area contributed by atoms with Gasteiger partial charge in [-0.15, -0.1) is 0 Å². The molecule has 0 heterocycles. The second kappa shape index (κ2) is 11.5. The Morgan fingerprint density at radius 2 is 0.615 bits per heavy atom. The van der Waals surface area contributed by atoms with Crippen molar-refractivity contribution in [2.45, 2.75) is 12.8 Å². The van der Waals surface area contributed by atoms with Crippen LogP contribution in [0.2, 0.25) is 0 Å². The fourth-order valence-electron chi connectivity index (χ4n) is 9.25. The third-order valence-electron chi connectivity index (χ3n) is 11.5. The van der Waals surface area contributed by atoms with Gasteiger partial charge in [0.15, 0.2) is 0 Å². The normalized spacial score (nSPS) is 12.5. The van der Waals surface area contributed by atoms with Crippen molar-refractivity contribution in [1.29, 1.82) is 0 Å². The Kier molecular flexibility index (Phi) is 6.48. The van der Waals surface area contributed by atoms with Crippen LogP contribution in [0.1, 0.15) is 22.3 Å². The summed E-state index contributed by atoms with van der Waals surface area (Å²) in [6.07, 6.45) is 1.98. The first kappa shape index (κ1) is 29.3. The minimum atomic E-state index is 0.990. The van der Waals surface area contributed by atoms with Gasteiger partial charge in [-0.1, -0.05) is 170 Å². The molecule has 0 spiro atoms. The summed E-state index contributed by atoms with van der Waals surface area (Å²) in [5.74, 6) is 0. The molecule has 11 rings (SSSR count). The molecular formula is C52H34. The molecule has 0 saturated carbocycles. The van der Waals surface area contributed by atoms with E-state index in [1.54, 1.807) is 0 Å². The summed E-state index contributed by atoms with van der Waals surface area (Å²) in [7, 11) is 0. The van der Waals surface area contributed by atoms with E-state index in [0.717, 1.165) is 12.8 Å². The Labute approximate surface area is 304 Å². The summed E-state index contributed by atoms with van der Waals surface area (Å²) < 4.78 is 0. The Bertz CT molecular complexity index is 2680. The highest BCUT2D eigenvalue weighted by Gasteiger charge is 2.25. The standard InChI is InChI=1S/C52H34/c1-3-13-33(14-4-1)49-45-27-25-38(44-24-12-20-40-30-36-18-8-10-22-42(36)52(40)44)32-48(45)50(34-15-5-2-6-16-34)46-28-26-37(31-47(46)49)43-23-11-19-39-29-35-17-7-9-21-41(35)51(39)43/h1-28,31-32H,29-30H2. The van der Waals surface area contributed by atoms with Crippen molar-refractivity contribution in [2.75, 3.05) is 0 Å². The Hall–Kier alpha value is -6.50. The number of fused-ring (bicyclic) bond motifs is 8. The van der Waals surface area contributed by atoms with Crippen LogP contribution in [-0.4, -0.2) is 0 Å². The van der Waals surface area contributed by atoms with Crippen molar-refractivity contribution in [3.05, 3.63) is 204 Å². The topological polar surface area (TPSA) is 0 Å². The molecule has 0 atom stereocenters. The molecule has 9 aromatic carbocycles. The predicted octanol–water partition coefficient (Wildman–Crippen LogP) is 13.8. The van der Waals surface area contributed by atoms with Crippen LogP contribution in [-0.2, 0) is 12.8 Å². The molecule has 0 N–H and O–H groups in total. The molecule has 2 aliphatic rings. The Morgan fingerprint density at radius 3 is 1.08 bits per heavy atom. The van der Waals surface area contributed by atoms with Gasteiger partial charge in [-0.05, 0) is 136 Å². The maximum Gasteiger partial charge on any atom is -0.00132 e. The molecular weight excluding hydrogens is 625 g/mol. The summed E-state index contributed by atoms with van der Waals surface area (Å²) in [5.41, 5.74) is 21.3. The fourth-order valence-corrected chi connectivity index (χ4v) is 9.25. The van der Waals surface area contributed by atoms with Crippen molar-refractivity contribution in [3.63, 3.8) is 0 Å². The molecule has 242 valence electrons. The molecule has 0 aromatic heterocycles. The molecule has 0 amide bonds. The molecule has 0 radical (unpaired) electrons. The minimum absolute atomic E-state index is 0.990. The van der Waals surface area contributed by atoms with E-state index in [2.05, 4.69) is 182 Å². The summed E-state index contributed by atoms with van der Waals surface area (Å²) in [4.78, 5) is 0. The number of hydrogen-bond donors (Lipinski definition) is 0. The maximum absolute atomic E-state index is 2.47. The van der Waals surface area contributed by atoms with E-state index in [1.165, 1.54) is 111 Å². The molecule has 0 unspecified atom stereocenters. The zero-order valence-corrected chi connectivity index (χ0v) is 28.7. The zero-order chi connectivity index (χ0) is 34.2. The Balaban J connectivity index is 1.22. The van der Waals surface area contributed by atoms with E-state index >= 15 is 0 Å². The molecule has 9 aromatic rings. The van der Waals surface area contributed by atoms with Crippen LogP contribution in [0.25, 0.3) is 88.3 Å². The summed E-state index contributed by atoms with van der Waals surface area (Å²) in [5, 5.41) is 5.10. The third-order valence-corrected chi connectivity index (χ3v) is 11.5. The van der Waals surface area contributed by atoms with E-state index in [-0.39, 0.29) is 0 Å². The van der Waals surface area contributed by atoms with Crippen molar-refractivity contribution < 1.29 is 0 Å². The van der Waals surface area contributed by atoms with Gasteiger partial charge in [-0.25, -0.2) is 0 Å². The van der Waals surface area contributed by atoms with Crippen LogP contribution in [0.5, 0.6) is 0 Å². The van der Waals surface area contributed by atoms with Gasteiger partial charge < -0.3 is 0 Å². The van der Waals surface area contributed by atoms with E-state index in [4.69, 9.17) is 0 Å². The first-order valence-electron chi connectivity index (χ1n) is 18.4. The van der Waals surface area contributed by atoms with Gasteiger partial charge in [0.05, 0.1) is 0 Å². The molecule has 0 nitrogen and oxygen atoms in total. The molecule has 0 fully saturated rings. The van der Waals surface area contributed by atoms with Crippen LogP contribution in [0, 0.1) is 0 Å². The number of benzene rings is 9. The highest BCUT2D eigenvalue weighted by atomic mass is 14.3. The van der Waals surface area contributed by atoms with Gasteiger partial charge in [0.25, 0.3) is 0 Å². The highest BCUT2D eigenvalue weighted by molar-refractivity contribution is 6.22.